The third-order valence-corrected chi connectivity index (χ3v) is 3.40. The van der Waals surface area contributed by atoms with Crippen LogP contribution >= 0.6 is 11.6 Å². The Morgan fingerprint density at radius 2 is 2.00 bits per heavy atom. The van der Waals surface area contributed by atoms with Crippen LogP contribution in [0, 0.1) is 0 Å². The zero-order chi connectivity index (χ0) is 15.1. The minimum Gasteiger partial charge on any atom is -0.351 e. The zero-order valence-electron chi connectivity index (χ0n) is 11.4. The number of halogens is 1. The molecular weight excluding hydrogens is 290 g/mol. The minimum absolute atomic E-state index is 0.209. The second-order valence-electron chi connectivity index (χ2n) is 4.61. The molecule has 0 aliphatic rings. The van der Waals surface area contributed by atoms with Crippen molar-refractivity contribution in [3.8, 4) is 0 Å². The van der Waals surface area contributed by atoms with Crippen molar-refractivity contribution in [2.45, 2.75) is 19.3 Å². The monoisotopic (exact) mass is 305 g/mol. The molecular formula is C15H16ClN3O2. The van der Waals surface area contributed by atoms with Crippen molar-refractivity contribution < 1.29 is 4.79 Å². The van der Waals surface area contributed by atoms with Crippen molar-refractivity contribution in [1.82, 2.24) is 15.5 Å². The van der Waals surface area contributed by atoms with Crippen LogP contribution in [-0.4, -0.2) is 22.6 Å². The van der Waals surface area contributed by atoms with Gasteiger partial charge in [-0.1, -0.05) is 29.8 Å². The van der Waals surface area contributed by atoms with Gasteiger partial charge in [-0.3, -0.25) is 9.59 Å². The van der Waals surface area contributed by atoms with Gasteiger partial charge in [0.1, 0.15) is 5.69 Å². The first-order valence-electron chi connectivity index (χ1n) is 6.74. The van der Waals surface area contributed by atoms with Gasteiger partial charge < -0.3 is 5.32 Å². The Balaban J connectivity index is 1.70. The van der Waals surface area contributed by atoms with Crippen molar-refractivity contribution >= 4 is 17.5 Å². The molecule has 6 heteroatoms. The predicted octanol–water partition coefficient (Wildman–Crippen LogP) is 2.18. The van der Waals surface area contributed by atoms with Crippen LogP contribution in [0.3, 0.4) is 0 Å². The summed E-state index contributed by atoms with van der Waals surface area (Å²) < 4.78 is 0. The Morgan fingerprint density at radius 1 is 1.19 bits per heavy atom. The topological polar surface area (TPSA) is 74.8 Å². The van der Waals surface area contributed by atoms with Crippen molar-refractivity contribution in [3.05, 3.63) is 63.0 Å². The SMILES string of the molecule is O=C(NCCCCc1ccccc1Cl)c1ccc(=O)[nH]n1. The van der Waals surface area contributed by atoms with Gasteiger partial charge in [0.15, 0.2) is 0 Å². The van der Waals surface area contributed by atoms with E-state index in [4.69, 9.17) is 11.6 Å². The number of benzene rings is 1. The molecule has 0 spiro atoms. The van der Waals surface area contributed by atoms with Crippen LogP contribution in [0.1, 0.15) is 28.9 Å². The number of rotatable bonds is 6. The van der Waals surface area contributed by atoms with Gasteiger partial charge in [-0.05, 0) is 37.0 Å². The molecule has 2 rings (SSSR count). The van der Waals surface area contributed by atoms with Crippen LogP contribution in [0.4, 0.5) is 0 Å². The summed E-state index contributed by atoms with van der Waals surface area (Å²) in [4.78, 5) is 22.6. The second kappa shape index (κ2) is 7.59. The molecule has 1 amide bonds. The maximum Gasteiger partial charge on any atom is 0.271 e. The number of carbonyl (C=O) groups is 1. The maximum absolute atomic E-state index is 11.7. The molecule has 0 aliphatic heterocycles. The van der Waals surface area contributed by atoms with Gasteiger partial charge in [-0.2, -0.15) is 5.10 Å². The number of hydrogen-bond acceptors (Lipinski definition) is 3. The average molecular weight is 306 g/mol. The Bertz CT molecular complexity index is 649. The van der Waals surface area contributed by atoms with E-state index in [2.05, 4.69) is 15.5 Å². The van der Waals surface area contributed by atoms with Gasteiger partial charge in [-0.15, -0.1) is 0 Å². The molecule has 0 aliphatic carbocycles. The van der Waals surface area contributed by atoms with Crippen LogP contribution in [0.15, 0.2) is 41.2 Å². The van der Waals surface area contributed by atoms with Crippen molar-refractivity contribution in [2.24, 2.45) is 0 Å². The standard InChI is InChI=1S/C15H16ClN3O2/c16-12-7-2-1-5-11(12)6-3-4-10-17-15(21)13-8-9-14(20)19-18-13/h1-2,5,7-9H,3-4,6,10H2,(H,17,21)(H,19,20). The highest BCUT2D eigenvalue weighted by molar-refractivity contribution is 6.31. The van der Waals surface area contributed by atoms with Crippen LogP contribution in [0.2, 0.25) is 5.02 Å². The molecule has 110 valence electrons. The van der Waals surface area contributed by atoms with E-state index in [0.717, 1.165) is 29.8 Å². The van der Waals surface area contributed by atoms with E-state index in [9.17, 15) is 9.59 Å². The smallest absolute Gasteiger partial charge is 0.271 e. The lowest BCUT2D eigenvalue weighted by atomic mass is 10.1. The number of unbranched alkanes of at least 4 members (excludes halogenated alkanes) is 1. The lowest BCUT2D eigenvalue weighted by molar-refractivity contribution is 0.0947. The molecule has 0 bridgehead atoms. The van der Waals surface area contributed by atoms with Crippen molar-refractivity contribution in [3.63, 3.8) is 0 Å². The number of nitrogens with one attached hydrogen (secondary N) is 2. The molecule has 0 radical (unpaired) electrons. The van der Waals surface area contributed by atoms with E-state index in [1.165, 1.54) is 12.1 Å². The summed E-state index contributed by atoms with van der Waals surface area (Å²) in [5, 5.41) is 9.44. The first-order chi connectivity index (χ1) is 10.2. The number of nitrogens with zero attached hydrogens (tertiary/aromatic N) is 1. The fourth-order valence-corrected chi connectivity index (χ4v) is 2.14. The number of aromatic nitrogens is 2. The highest BCUT2D eigenvalue weighted by Gasteiger charge is 2.06. The average Bonchev–Trinajstić information content (AvgIpc) is 2.49. The zero-order valence-corrected chi connectivity index (χ0v) is 12.2. The lowest BCUT2D eigenvalue weighted by Crippen LogP contribution is -2.26. The molecule has 0 fully saturated rings. The minimum atomic E-state index is -0.328. The number of aromatic amines is 1. The number of carbonyl (C=O) groups excluding carboxylic acids is 1. The number of H-pyrrole nitrogens is 1. The number of hydrogen-bond donors (Lipinski definition) is 2. The summed E-state index contributed by atoms with van der Waals surface area (Å²) >= 11 is 6.07. The first kappa shape index (κ1) is 15.3. The molecule has 0 unspecified atom stereocenters. The van der Waals surface area contributed by atoms with E-state index < -0.39 is 0 Å². The Kier molecular flexibility index (Phi) is 5.51. The van der Waals surface area contributed by atoms with Gasteiger partial charge in [-0.25, -0.2) is 5.10 Å². The fraction of sp³-hybridized carbons (Fsp3) is 0.267. The maximum atomic E-state index is 11.7. The molecule has 0 atom stereocenters. The van der Waals surface area contributed by atoms with Gasteiger partial charge in [0.2, 0.25) is 0 Å². The summed E-state index contributed by atoms with van der Waals surface area (Å²) in [6, 6.07) is 10.4. The molecule has 21 heavy (non-hydrogen) atoms. The molecule has 1 heterocycles. The Morgan fingerprint density at radius 3 is 2.71 bits per heavy atom. The highest BCUT2D eigenvalue weighted by atomic mass is 35.5. The van der Waals surface area contributed by atoms with Crippen LogP contribution in [-0.2, 0) is 6.42 Å². The summed E-state index contributed by atoms with van der Waals surface area (Å²) in [6.45, 7) is 0.560. The van der Waals surface area contributed by atoms with Gasteiger partial charge in [0, 0.05) is 17.6 Å². The largest absolute Gasteiger partial charge is 0.351 e. The number of amides is 1. The van der Waals surface area contributed by atoms with Crippen LogP contribution in [0.5, 0.6) is 0 Å². The molecule has 1 aromatic carbocycles. The molecule has 0 saturated heterocycles. The summed E-state index contributed by atoms with van der Waals surface area (Å²) in [5.74, 6) is -0.288. The van der Waals surface area contributed by atoms with Crippen molar-refractivity contribution in [1.29, 1.82) is 0 Å². The van der Waals surface area contributed by atoms with Crippen LogP contribution < -0.4 is 10.9 Å². The summed E-state index contributed by atoms with van der Waals surface area (Å²) in [6.07, 6.45) is 2.66. The lowest BCUT2D eigenvalue weighted by Gasteiger charge is -2.05. The van der Waals surface area contributed by atoms with Gasteiger partial charge in [0.05, 0.1) is 0 Å². The molecule has 2 N–H and O–H groups in total. The first-order valence-corrected chi connectivity index (χ1v) is 7.12. The normalized spacial score (nSPS) is 10.3. The van der Waals surface area contributed by atoms with E-state index >= 15 is 0 Å². The molecule has 5 nitrogen and oxygen atoms in total. The van der Waals surface area contributed by atoms with Gasteiger partial charge >= 0.3 is 0 Å². The Hall–Kier alpha value is -2.14. The third-order valence-electron chi connectivity index (χ3n) is 3.03. The third kappa shape index (κ3) is 4.72. The summed E-state index contributed by atoms with van der Waals surface area (Å²) in [7, 11) is 0. The molecule has 2 aromatic rings. The van der Waals surface area contributed by atoms with Crippen LogP contribution in [0.25, 0.3) is 0 Å². The van der Waals surface area contributed by atoms with E-state index in [0.29, 0.717) is 6.54 Å². The highest BCUT2D eigenvalue weighted by Crippen LogP contribution is 2.16. The predicted molar refractivity (Wildman–Crippen MR) is 81.6 cm³/mol. The van der Waals surface area contributed by atoms with E-state index in [1.807, 2.05) is 24.3 Å². The van der Waals surface area contributed by atoms with E-state index in [1.54, 1.807) is 0 Å². The second-order valence-corrected chi connectivity index (χ2v) is 5.02. The quantitative estimate of drug-likeness (QED) is 0.803. The van der Waals surface area contributed by atoms with Gasteiger partial charge in [0.25, 0.3) is 11.5 Å². The number of aryl methyl sites for hydroxylation is 1. The molecule has 1 aromatic heterocycles. The fourth-order valence-electron chi connectivity index (χ4n) is 1.91. The van der Waals surface area contributed by atoms with E-state index in [-0.39, 0.29) is 17.2 Å². The molecule has 0 saturated carbocycles. The summed E-state index contributed by atoms with van der Waals surface area (Å²) in [5.41, 5.74) is 1.000. The Labute approximate surface area is 127 Å². The van der Waals surface area contributed by atoms with Crippen molar-refractivity contribution in [2.75, 3.05) is 6.54 Å².